The Morgan fingerprint density at radius 1 is 1.11 bits per heavy atom. The molecule has 152 valence electrons. The van der Waals surface area contributed by atoms with Gasteiger partial charge in [0.1, 0.15) is 17.4 Å². The van der Waals surface area contributed by atoms with Gasteiger partial charge >= 0.3 is 11.6 Å². The number of rotatable bonds is 7. The third kappa shape index (κ3) is 4.52. The number of carboxylic acids is 1. The molecule has 1 aromatic heterocycles. The lowest BCUT2D eigenvalue weighted by atomic mass is 10.0. The fourth-order valence-corrected chi connectivity index (χ4v) is 2.98. The summed E-state index contributed by atoms with van der Waals surface area (Å²) in [5.41, 5.74) is 2.01. The second-order valence-corrected chi connectivity index (χ2v) is 7.49. The van der Waals surface area contributed by atoms with Crippen LogP contribution in [0.4, 0.5) is 0 Å². The first-order valence-electron chi connectivity index (χ1n) is 9.26. The molecule has 7 nitrogen and oxygen atoms in total. The maximum absolute atomic E-state index is 12.4. The van der Waals surface area contributed by atoms with Crippen molar-refractivity contribution in [2.24, 2.45) is 5.92 Å². The Bertz CT molecular complexity index is 960. The summed E-state index contributed by atoms with van der Waals surface area (Å²) < 4.78 is 11.2. The summed E-state index contributed by atoms with van der Waals surface area (Å²) in [5.74, 6) is -1.08. The molecule has 1 aromatic carbocycles. The van der Waals surface area contributed by atoms with E-state index in [4.69, 9.17) is 9.15 Å². The van der Waals surface area contributed by atoms with Crippen LogP contribution in [0.2, 0.25) is 0 Å². The number of aryl methyl sites for hydroxylation is 2. The van der Waals surface area contributed by atoms with Crippen molar-refractivity contribution < 1.29 is 23.8 Å². The molecule has 0 aliphatic carbocycles. The van der Waals surface area contributed by atoms with Crippen molar-refractivity contribution in [1.29, 1.82) is 0 Å². The average Bonchev–Trinajstić information content (AvgIpc) is 2.61. The molecule has 0 radical (unpaired) electrons. The zero-order valence-electron chi connectivity index (χ0n) is 17.1. The predicted octanol–water partition coefficient (Wildman–Crippen LogP) is 3.10. The number of carboxylic acid groups (broad SMARTS) is 1. The summed E-state index contributed by atoms with van der Waals surface area (Å²) in [5, 5.41) is 12.6. The van der Waals surface area contributed by atoms with Crippen LogP contribution in [0.5, 0.6) is 5.75 Å². The number of ether oxygens (including phenoxy) is 1. The Labute approximate surface area is 163 Å². The Hall–Kier alpha value is -2.83. The van der Waals surface area contributed by atoms with Crippen molar-refractivity contribution in [3.8, 4) is 5.75 Å². The number of carbonyl (C=O) groups is 2. The van der Waals surface area contributed by atoms with Crippen LogP contribution in [0.15, 0.2) is 21.3 Å². The Morgan fingerprint density at radius 3 is 2.32 bits per heavy atom. The van der Waals surface area contributed by atoms with Gasteiger partial charge in [0.15, 0.2) is 6.10 Å². The van der Waals surface area contributed by atoms with Gasteiger partial charge in [0.25, 0.3) is 5.91 Å². The fraction of sp³-hybridized carbons (Fsp3) is 0.476. The molecule has 0 aliphatic rings. The van der Waals surface area contributed by atoms with Crippen LogP contribution < -0.4 is 15.7 Å². The van der Waals surface area contributed by atoms with Crippen LogP contribution in [0, 0.1) is 26.7 Å². The van der Waals surface area contributed by atoms with E-state index in [-0.39, 0.29) is 5.92 Å². The number of hydrogen-bond acceptors (Lipinski definition) is 5. The van der Waals surface area contributed by atoms with E-state index in [1.165, 1.54) is 0 Å². The van der Waals surface area contributed by atoms with Crippen LogP contribution >= 0.6 is 0 Å². The molecular weight excluding hydrogens is 362 g/mol. The maximum Gasteiger partial charge on any atom is 0.339 e. The lowest BCUT2D eigenvalue weighted by Gasteiger charge is -2.21. The minimum Gasteiger partial charge on any atom is -0.480 e. The maximum atomic E-state index is 12.4. The highest BCUT2D eigenvalue weighted by atomic mass is 16.5. The summed E-state index contributed by atoms with van der Waals surface area (Å²) in [6.07, 6.45) is -0.588. The third-order valence-electron chi connectivity index (χ3n) is 4.82. The van der Waals surface area contributed by atoms with Gasteiger partial charge in [0.05, 0.1) is 0 Å². The van der Waals surface area contributed by atoms with Gasteiger partial charge in [-0.3, -0.25) is 4.79 Å². The number of carbonyl (C=O) groups excluding carboxylic acids is 1. The first kappa shape index (κ1) is 21.5. The number of fused-ring (bicyclic) bond motifs is 1. The van der Waals surface area contributed by atoms with Gasteiger partial charge in [-0.05, 0) is 57.7 Å². The Balaban J connectivity index is 2.25. The normalized spacial score (nSPS) is 13.4. The van der Waals surface area contributed by atoms with E-state index in [2.05, 4.69) is 5.32 Å². The van der Waals surface area contributed by atoms with Crippen LogP contribution in [0.25, 0.3) is 11.0 Å². The summed E-state index contributed by atoms with van der Waals surface area (Å²) in [6.45, 7) is 10.6. The first-order valence-corrected chi connectivity index (χ1v) is 9.26. The van der Waals surface area contributed by atoms with Crippen LogP contribution in [-0.2, 0) is 9.59 Å². The van der Waals surface area contributed by atoms with E-state index in [9.17, 15) is 19.5 Å². The van der Waals surface area contributed by atoms with Crippen LogP contribution in [-0.4, -0.2) is 29.1 Å². The van der Waals surface area contributed by atoms with Gasteiger partial charge in [0.2, 0.25) is 0 Å². The lowest BCUT2D eigenvalue weighted by Crippen LogP contribution is -2.46. The second-order valence-electron chi connectivity index (χ2n) is 7.49. The lowest BCUT2D eigenvalue weighted by molar-refractivity contribution is -0.143. The molecule has 0 saturated carbocycles. The van der Waals surface area contributed by atoms with Crippen molar-refractivity contribution in [3.63, 3.8) is 0 Å². The van der Waals surface area contributed by atoms with Gasteiger partial charge in [-0.25, -0.2) is 9.59 Å². The molecule has 1 heterocycles. The molecule has 1 amide bonds. The molecule has 2 N–H and O–H groups in total. The molecule has 28 heavy (non-hydrogen) atoms. The van der Waals surface area contributed by atoms with Crippen molar-refractivity contribution in [2.45, 2.75) is 60.1 Å². The molecular formula is C21H27NO6. The first-order chi connectivity index (χ1) is 13.0. The third-order valence-corrected chi connectivity index (χ3v) is 4.82. The standard InChI is InChI=1S/C21H27NO6/c1-10(2)9-16(20(24)25)22-19(23)14(6)27-17-8-7-15-11(3)12(4)21(26)28-18(15)13(17)5/h7-8,10,14,16H,9H2,1-6H3,(H,22,23)(H,24,25). The molecule has 2 unspecified atom stereocenters. The highest BCUT2D eigenvalue weighted by Gasteiger charge is 2.25. The largest absolute Gasteiger partial charge is 0.480 e. The number of hydrogen-bond donors (Lipinski definition) is 2. The van der Waals surface area contributed by atoms with Crippen LogP contribution in [0.3, 0.4) is 0 Å². The quantitative estimate of drug-likeness (QED) is 0.705. The molecule has 0 saturated heterocycles. The molecule has 2 atom stereocenters. The number of benzene rings is 1. The second kappa shape index (κ2) is 8.46. The number of nitrogens with one attached hydrogen (secondary N) is 1. The molecule has 2 aromatic rings. The Kier molecular flexibility index (Phi) is 6.48. The highest BCUT2D eigenvalue weighted by Crippen LogP contribution is 2.29. The average molecular weight is 389 g/mol. The summed E-state index contributed by atoms with van der Waals surface area (Å²) in [6, 6.07) is 2.53. The topological polar surface area (TPSA) is 106 Å². The fourth-order valence-electron chi connectivity index (χ4n) is 2.98. The van der Waals surface area contributed by atoms with Gasteiger partial charge < -0.3 is 19.6 Å². The zero-order chi connectivity index (χ0) is 21.2. The van der Waals surface area contributed by atoms with Crippen molar-refractivity contribution >= 4 is 22.8 Å². The smallest absolute Gasteiger partial charge is 0.339 e. The summed E-state index contributed by atoms with van der Waals surface area (Å²) in [7, 11) is 0. The minimum absolute atomic E-state index is 0.120. The molecule has 0 spiro atoms. The minimum atomic E-state index is -1.08. The van der Waals surface area contributed by atoms with E-state index < -0.39 is 29.6 Å². The van der Waals surface area contributed by atoms with E-state index in [0.717, 1.165) is 10.9 Å². The Morgan fingerprint density at radius 2 is 1.75 bits per heavy atom. The van der Waals surface area contributed by atoms with Gasteiger partial charge in [-0.15, -0.1) is 0 Å². The van der Waals surface area contributed by atoms with Crippen LogP contribution in [0.1, 0.15) is 43.9 Å². The van der Waals surface area contributed by atoms with Crippen molar-refractivity contribution in [1.82, 2.24) is 5.32 Å². The van der Waals surface area contributed by atoms with Gasteiger partial charge in [-0.2, -0.15) is 0 Å². The van der Waals surface area contributed by atoms with Gasteiger partial charge in [0, 0.05) is 16.5 Å². The monoisotopic (exact) mass is 389 g/mol. The molecule has 0 aliphatic heterocycles. The van der Waals surface area contributed by atoms with Crippen molar-refractivity contribution in [3.05, 3.63) is 39.2 Å². The molecule has 0 fully saturated rings. The zero-order valence-corrected chi connectivity index (χ0v) is 17.1. The highest BCUT2D eigenvalue weighted by molar-refractivity contribution is 5.87. The summed E-state index contributed by atoms with van der Waals surface area (Å²) >= 11 is 0. The van der Waals surface area contributed by atoms with E-state index >= 15 is 0 Å². The number of aliphatic carboxylic acids is 1. The van der Waals surface area contributed by atoms with E-state index in [1.807, 2.05) is 20.8 Å². The van der Waals surface area contributed by atoms with Crippen molar-refractivity contribution in [2.75, 3.05) is 0 Å². The molecule has 0 bridgehead atoms. The predicted molar refractivity (Wildman–Crippen MR) is 106 cm³/mol. The van der Waals surface area contributed by atoms with E-state index in [1.54, 1.807) is 32.9 Å². The number of amides is 1. The molecule has 7 heteroatoms. The van der Waals surface area contributed by atoms with Gasteiger partial charge in [-0.1, -0.05) is 13.8 Å². The SMILES string of the molecule is Cc1c(C)c2ccc(OC(C)C(=O)NC(CC(C)C)C(=O)O)c(C)c2oc1=O. The van der Waals surface area contributed by atoms with E-state index in [0.29, 0.717) is 28.9 Å². The molecule has 2 rings (SSSR count). The summed E-state index contributed by atoms with van der Waals surface area (Å²) in [4.78, 5) is 35.7.